The van der Waals surface area contributed by atoms with Crippen molar-refractivity contribution in [2.24, 2.45) is 4.99 Å². The molecular weight excluding hydrogens is 240 g/mol. The molecular formula is C15H16N2O2. The summed E-state index contributed by atoms with van der Waals surface area (Å²) in [5.74, 6) is 0.0446. The summed E-state index contributed by atoms with van der Waals surface area (Å²) in [5, 5.41) is 2.96. The first-order chi connectivity index (χ1) is 9.25. The first-order valence-electron chi connectivity index (χ1n) is 6.76. The topological polar surface area (TPSA) is 58.5 Å². The van der Waals surface area contributed by atoms with Crippen LogP contribution >= 0.6 is 0 Å². The van der Waals surface area contributed by atoms with Crippen LogP contribution in [0.4, 0.5) is 5.69 Å². The van der Waals surface area contributed by atoms with Crippen LogP contribution in [0.3, 0.4) is 0 Å². The van der Waals surface area contributed by atoms with Gasteiger partial charge in [-0.15, -0.1) is 0 Å². The van der Waals surface area contributed by atoms with E-state index >= 15 is 0 Å². The minimum Gasteiger partial charge on any atom is -0.325 e. The highest BCUT2D eigenvalue weighted by Crippen LogP contribution is 2.46. The van der Waals surface area contributed by atoms with Crippen molar-refractivity contribution in [1.82, 2.24) is 0 Å². The molecule has 1 fully saturated rings. The molecule has 0 radical (unpaired) electrons. The fraction of sp³-hybridized carbons (Fsp3) is 0.467. The monoisotopic (exact) mass is 256 g/mol. The van der Waals surface area contributed by atoms with E-state index in [0.717, 1.165) is 48.9 Å². The van der Waals surface area contributed by atoms with E-state index in [1.807, 2.05) is 18.2 Å². The van der Waals surface area contributed by atoms with E-state index in [-0.39, 0.29) is 5.91 Å². The molecule has 0 unspecified atom stereocenters. The van der Waals surface area contributed by atoms with Crippen molar-refractivity contribution >= 4 is 17.7 Å². The SMILES string of the molecule is O=C=NC1(c2cccc3c2NC(=O)CC3)CCCC1. The highest BCUT2D eigenvalue weighted by atomic mass is 16.1. The Kier molecular flexibility index (Phi) is 2.96. The van der Waals surface area contributed by atoms with Crippen LogP contribution in [-0.2, 0) is 21.5 Å². The number of para-hydroxylation sites is 1. The summed E-state index contributed by atoms with van der Waals surface area (Å²) >= 11 is 0. The number of nitrogens with zero attached hydrogens (tertiary/aromatic N) is 1. The lowest BCUT2D eigenvalue weighted by atomic mass is 9.84. The zero-order valence-corrected chi connectivity index (χ0v) is 10.7. The van der Waals surface area contributed by atoms with Gasteiger partial charge in [-0.1, -0.05) is 31.0 Å². The van der Waals surface area contributed by atoms with Crippen molar-refractivity contribution in [3.8, 4) is 0 Å². The Morgan fingerprint density at radius 3 is 2.74 bits per heavy atom. The van der Waals surface area contributed by atoms with Gasteiger partial charge < -0.3 is 5.32 Å². The molecule has 1 amide bonds. The number of benzene rings is 1. The molecule has 1 N–H and O–H groups in total. The third-order valence-corrected chi connectivity index (χ3v) is 4.23. The normalized spacial score (nSPS) is 20.3. The number of fused-ring (bicyclic) bond motifs is 1. The summed E-state index contributed by atoms with van der Waals surface area (Å²) in [6, 6.07) is 6.01. The number of isocyanates is 1. The number of hydrogen-bond donors (Lipinski definition) is 1. The van der Waals surface area contributed by atoms with E-state index < -0.39 is 5.54 Å². The molecule has 0 spiro atoms. The molecule has 19 heavy (non-hydrogen) atoms. The highest BCUT2D eigenvalue weighted by Gasteiger charge is 2.38. The predicted octanol–water partition coefficient (Wildman–Crippen LogP) is 2.68. The summed E-state index contributed by atoms with van der Waals surface area (Å²) in [5.41, 5.74) is 2.53. The number of aryl methyl sites for hydroxylation is 1. The summed E-state index contributed by atoms with van der Waals surface area (Å²) in [7, 11) is 0. The largest absolute Gasteiger partial charge is 0.325 e. The number of nitrogens with one attached hydrogen (secondary N) is 1. The van der Waals surface area contributed by atoms with E-state index in [1.54, 1.807) is 6.08 Å². The van der Waals surface area contributed by atoms with Gasteiger partial charge in [-0.05, 0) is 24.8 Å². The minimum atomic E-state index is -0.474. The van der Waals surface area contributed by atoms with Crippen molar-refractivity contribution in [3.63, 3.8) is 0 Å². The van der Waals surface area contributed by atoms with Gasteiger partial charge >= 0.3 is 0 Å². The van der Waals surface area contributed by atoms with Crippen LogP contribution in [0.25, 0.3) is 0 Å². The van der Waals surface area contributed by atoms with E-state index in [0.29, 0.717) is 6.42 Å². The van der Waals surface area contributed by atoms with Crippen LogP contribution in [0.15, 0.2) is 23.2 Å². The zero-order chi connectivity index (χ0) is 13.3. The molecule has 3 rings (SSSR count). The molecule has 1 saturated carbocycles. The second kappa shape index (κ2) is 4.63. The van der Waals surface area contributed by atoms with Gasteiger partial charge in [-0.2, -0.15) is 4.99 Å². The fourth-order valence-electron chi connectivity index (χ4n) is 3.28. The van der Waals surface area contributed by atoms with Crippen molar-refractivity contribution < 1.29 is 9.59 Å². The number of aliphatic imine (C=N–C) groups is 1. The first kappa shape index (κ1) is 12.1. The lowest BCUT2D eigenvalue weighted by Gasteiger charge is -2.29. The number of amides is 1. The summed E-state index contributed by atoms with van der Waals surface area (Å²) in [6.45, 7) is 0. The maximum absolute atomic E-state index is 11.6. The smallest absolute Gasteiger partial charge is 0.235 e. The van der Waals surface area contributed by atoms with Crippen molar-refractivity contribution in [2.75, 3.05) is 5.32 Å². The van der Waals surface area contributed by atoms with Crippen LogP contribution in [0.5, 0.6) is 0 Å². The second-order valence-electron chi connectivity index (χ2n) is 5.33. The number of hydrogen-bond acceptors (Lipinski definition) is 3. The molecule has 1 aliphatic carbocycles. The molecule has 1 heterocycles. The minimum absolute atomic E-state index is 0.0446. The van der Waals surface area contributed by atoms with E-state index in [4.69, 9.17) is 0 Å². The third kappa shape index (κ3) is 1.98. The molecule has 0 aromatic heterocycles. The molecule has 2 aliphatic rings. The molecule has 4 heteroatoms. The predicted molar refractivity (Wildman–Crippen MR) is 71.7 cm³/mol. The molecule has 98 valence electrons. The first-order valence-corrected chi connectivity index (χ1v) is 6.76. The van der Waals surface area contributed by atoms with Gasteiger partial charge in [0.15, 0.2) is 0 Å². The molecule has 4 nitrogen and oxygen atoms in total. The molecule has 0 bridgehead atoms. The van der Waals surface area contributed by atoms with Crippen molar-refractivity contribution in [3.05, 3.63) is 29.3 Å². The summed E-state index contributed by atoms with van der Waals surface area (Å²) < 4.78 is 0. The van der Waals surface area contributed by atoms with Gasteiger partial charge in [-0.3, -0.25) is 4.79 Å². The maximum atomic E-state index is 11.6. The Bertz CT molecular complexity index is 568. The van der Waals surface area contributed by atoms with Crippen LogP contribution in [0, 0.1) is 0 Å². The third-order valence-electron chi connectivity index (χ3n) is 4.23. The van der Waals surface area contributed by atoms with E-state index in [2.05, 4.69) is 10.3 Å². The Balaban J connectivity index is 2.14. The Labute approximate surface area is 111 Å². The number of anilines is 1. The fourth-order valence-corrected chi connectivity index (χ4v) is 3.28. The average Bonchev–Trinajstić information content (AvgIpc) is 2.88. The summed E-state index contributed by atoms with van der Waals surface area (Å²) in [6.07, 6.45) is 6.85. The number of carbonyl (C=O) groups is 1. The zero-order valence-electron chi connectivity index (χ0n) is 10.7. The van der Waals surface area contributed by atoms with E-state index in [9.17, 15) is 9.59 Å². The van der Waals surface area contributed by atoms with Gasteiger partial charge in [0.1, 0.15) is 5.54 Å². The quantitative estimate of drug-likeness (QED) is 0.653. The molecule has 0 atom stereocenters. The van der Waals surface area contributed by atoms with Gasteiger partial charge in [0, 0.05) is 17.7 Å². The lowest BCUT2D eigenvalue weighted by molar-refractivity contribution is -0.116. The Morgan fingerprint density at radius 1 is 1.21 bits per heavy atom. The van der Waals surface area contributed by atoms with E-state index in [1.165, 1.54) is 0 Å². The Hall–Kier alpha value is -1.93. The van der Waals surface area contributed by atoms with Gasteiger partial charge in [0.2, 0.25) is 12.0 Å². The molecule has 1 aliphatic heterocycles. The van der Waals surface area contributed by atoms with Crippen LogP contribution in [0.2, 0.25) is 0 Å². The standard InChI is InChI=1S/C15H16N2O2/c18-10-16-15(8-1-2-9-15)12-5-3-4-11-6-7-13(19)17-14(11)12/h3-5H,1-2,6-9H2,(H,17,19). The summed E-state index contributed by atoms with van der Waals surface area (Å²) in [4.78, 5) is 26.5. The van der Waals surface area contributed by atoms with Gasteiger partial charge in [0.25, 0.3) is 0 Å². The lowest BCUT2D eigenvalue weighted by Crippen LogP contribution is -2.26. The van der Waals surface area contributed by atoms with Gasteiger partial charge in [0.05, 0.1) is 0 Å². The van der Waals surface area contributed by atoms with Crippen LogP contribution in [0.1, 0.15) is 43.2 Å². The second-order valence-corrected chi connectivity index (χ2v) is 5.33. The van der Waals surface area contributed by atoms with Crippen molar-refractivity contribution in [2.45, 2.75) is 44.1 Å². The molecule has 0 saturated heterocycles. The average molecular weight is 256 g/mol. The van der Waals surface area contributed by atoms with Crippen LogP contribution in [-0.4, -0.2) is 12.0 Å². The molecule has 1 aromatic carbocycles. The Morgan fingerprint density at radius 2 is 2.00 bits per heavy atom. The molecule has 1 aromatic rings. The highest BCUT2D eigenvalue weighted by molar-refractivity contribution is 5.95. The van der Waals surface area contributed by atoms with Crippen molar-refractivity contribution in [1.29, 1.82) is 0 Å². The van der Waals surface area contributed by atoms with Crippen LogP contribution < -0.4 is 5.32 Å². The number of carbonyl (C=O) groups excluding carboxylic acids is 2. The maximum Gasteiger partial charge on any atom is 0.235 e. The van der Waals surface area contributed by atoms with Gasteiger partial charge in [-0.25, -0.2) is 4.79 Å². The number of rotatable bonds is 2.